The Hall–Kier alpha value is -1.56. The Kier molecular flexibility index (Phi) is 3.14. The summed E-state index contributed by atoms with van der Waals surface area (Å²) in [4.78, 5) is 16.9. The van der Waals surface area contributed by atoms with Gasteiger partial charge in [-0.1, -0.05) is 0 Å². The van der Waals surface area contributed by atoms with E-state index >= 15 is 0 Å². The zero-order valence-electron chi connectivity index (χ0n) is 12.5. The van der Waals surface area contributed by atoms with Gasteiger partial charge in [-0.3, -0.25) is 10.00 Å². The molecule has 3 aliphatic rings. The van der Waals surface area contributed by atoms with Crippen LogP contribution >= 0.6 is 0 Å². The first-order valence-corrected chi connectivity index (χ1v) is 8.04. The molecule has 4 heterocycles. The van der Waals surface area contributed by atoms with Gasteiger partial charge in [0.15, 0.2) is 0 Å². The van der Waals surface area contributed by atoms with Gasteiger partial charge in [0.05, 0.1) is 17.6 Å². The van der Waals surface area contributed by atoms with Gasteiger partial charge in [-0.05, 0) is 45.6 Å². The van der Waals surface area contributed by atoms with Crippen LogP contribution in [0.25, 0.3) is 0 Å². The van der Waals surface area contributed by atoms with Gasteiger partial charge in [0.2, 0.25) is 0 Å². The molecule has 2 saturated heterocycles. The first-order valence-electron chi connectivity index (χ1n) is 8.04. The van der Waals surface area contributed by atoms with E-state index in [1.54, 1.807) is 6.20 Å². The molecule has 2 unspecified atom stereocenters. The number of anilines is 1. The number of aryl methyl sites for hydroxylation is 1. The van der Waals surface area contributed by atoms with E-state index in [1.165, 1.54) is 12.8 Å². The van der Waals surface area contributed by atoms with Crippen LogP contribution in [0.15, 0.2) is 6.20 Å². The molecule has 21 heavy (non-hydrogen) atoms. The van der Waals surface area contributed by atoms with Crippen LogP contribution in [-0.4, -0.2) is 52.8 Å². The van der Waals surface area contributed by atoms with Crippen molar-refractivity contribution in [2.24, 2.45) is 0 Å². The maximum absolute atomic E-state index is 12.6. The summed E-state index contributed by atoms with van der Waals surface area (Å²) in [6, 6.07) is 1.68. The van der Waals surface area contributed by atoms with Gasteiger partial charge in [0.25, 0.3) is 0 Å². The lowest BCUT2D eigenvalue weighted by molar-refractivity contribution is 0.150. The molecular weight excluding hydrogens is 266 g/mol. The molecule has 2 bridgehead atoms. The highest BCUT2D eigenvalue weighted by atomic mass is 16.2. The van der Waals surface area contributed by atoms with Crippen molar-refractivity contribution in [1.82, 2.24) is 20.4 Å². The molecular formula is C15H23N5O. The van der Waals surface area contributed by atoms with Crippen LogP contribution in [0.3, 0.4) is 0 Å². The van der Waals surface area contributed by atoms with Crippen molar-refractivity contribution in [1.29, 1.82) is 0 Å². The van der Waals surface area contributed by atoms with Crippen LogP contribution in [0.1, 0.15) is 37.8 Å². The Morgan fingerprint density at radius 1 is 1.38 bits per heavy atom. The Labute approximate surface area is 124 Å². The number of nitrogens with one attached hydrogen (secondary N) is 2. The highest BCUT2D eigenvalue weighted by Gasteiger charge is 2.39. The number of amides is 2. The van der Waals surface area contributed by atoms with E-state index in [2.05, 4.69) is 27.5 Å². The number of aromatic amines is 1. The lowest BCUT2D eigenvalue weighted by Gasteiger charge is -2.37. The predicted molar refractivity (Wildman–Crippen MR) is 80.4 cm³/mol. The number of aromatic nitrogens is 2. The van der Waals surface area contributed by atoms with Gasteiger partial charge in [0.1, 0.15) is 0 Å². The van der Waals surface area contributed by atoms with Crippen molar-refractivity contribution in [2.75, 3.05) is 18.5 Å². The Balaban J connectivity index is 1.43. The first-order chi connectivity index (χ1) is 10.2. The second-order valence-corrected chi connectivity index (χ2v) is 6.66. The summed E-state index contributed by atoms with van der Waals surface area (Å²) in [5.41, 5.74) is 2.04. The van der Waals surface area contributed by atoms with Crippen molar-refractivity contribution in [2.45, 2.75) is 56.7 Å². The van der Waals surface area contributed by atoms with E-state index in [0.29, 0.717) is 18.1 Å². The predicted octanol–water partition coefficient (Wildman–Crippen LogP) is 1.50. The van der Waals surface area contributed by atoms with Crippen molar-refractivity contribution in [3.8, 4) is 0 Å². The molecule has 0 spiro atoms. The highest BCUT2D eigenvalue weighted by molar-refractivity contribution is 5.93. The van der Waals surface area contributed by atoms with Crippen molar-refractivity contribution in [3.05, 3.63) is 11.9 Å². The third-order valence-electron chi connectivity index (χ3n) is 5.47. The molecule has 0 aliphatic carbocycles. The quantitative estimate of drug-likeness (QED) is 0.823. The molecule has 4 rings (SSSR count). The number of H-pyrrole nitrogens is 1. The topological polar surface area (TPSA) is 64.3 Å². The van der Waals surface area contributed by atoms with Crippen molar-refractivity contribution < 1.29 is 4.79 Å². The third kappa shape index (κ3) is 2.21. The molecule has 6 heteroatoms. The fourth-order valence-electron chi connectivity index (χ4n) is 4.25. The van der Waals surface area contributed by atoms with Gasteiger partial charge >= 0.3 is 6.03 Å². The number of hydrogen-bond donors (Lipinski definition) is 2. The van der Waals surface area contributed by atoms with E-state index in [9.17, 15) is 4.79 Å². The fraction of sp³-hybridized carbons (Fsp3) is 0.733. The molecule has 114 valence electrons. The Morgan fingerprint density at radius 2 is 2.14 bits per heavy atom. The zero-order valence-corrected chi connectivity index (χ0v) is 12.5. The normalized spacial score (nSPS) is 32.0. The molecule has 0 saturated carbocycles. The van der Waals surface area contributed by atoms with Gasteiger partial charge in [0, 0.05) is 24.7 Å². The summed E-state index contributed by atoms with van der Waals surface area (Å²) in [6.07, 6.45) is 8.49. The lowest BCUT2D eigenvalue weighted by atomic mass is 9.98. The largest absolute Gasteiger partial charge is 0.335 e. The Bertz CT molecular complexity index is 528. The van der Waals surface area contributed by atoms with E-state index in [-0.39, 0.29) is 6.03 Å². The summed E-state index contributed by atoms with van der Waals surface area (Å²) in [6.45, 7) is 0.790. The molecule has 6 nitrogen and oxygen atoms in total. The molecule has 2 atom stereocenters. The standard InChI is InChI=1S/C15H23N5O/c1-19-11-4-5-12(19)8-10(7-11)17-15(21)20-6-2-3-13-14(20)9-16-18-13/h9-12H,2-8H2,1H3,(H,16,18)(H,17,21). The number of nitrogens with zero attached hydrogens (tertiary/aromatic N) is 3. The molecule has 0 aromatic carbocycles. The minimum atomic E-state index is 0.0475. The van der Waals surface area contributed by atoms with Crippen LogP contribution in [0, 0.1) is 0 Å². The Morgan fingerprint density at radius 3 is 2.90 bits per heavy atom. The number of carbonyl (C=O) groups excluding carboxylic acids is 1. The smallest absolute Gasteiger partial charge is 0.322 e. The molecule has 2 N–H and O–H groups in total. The third-order valence-corrected chi connectivity index (χ3v) is 5.47. The minimum absolute atomic E-state index is 0.0475. The molecule has 1 aromatic heterocycles. The summed E-state index contributed by atoms with van der Waals surface area (Å²) >= 11 is 0. The summed E-state index contributed by atoms with van der Waals surface area (Å²) in [5.74, 6) is 0. The number of rotatable bonds is 1. The second-order valence-electron chi connectivity index (χ2n) is 6.66. The van der Waals surface area contributed by atoms with E-state index < -0.39 is 0 Å². The molecule has 3 aliphatic heterocycles. The number of piperidine rings is 1. The highest BCUT2D eigenvalue weighted by Crippen LogP contribution is 2.34. The number of hydrogen-bond acceptors (Lipinski definition) is 3. The van der Waals surface area contributed by atoms with Crippen LogP contribution in [0.4, 0.5) is 10.5 Å². The summed E-state index contributed by atoms with van der Waals surface area (Å²) < 4.78 is 0. The maximum Gasteiger partial charge on any atom is 0.322 e. The minimum Gasteiger partial charge on any atom is -0.335 e. The van der Waals surface area contributed by atoms with Gasteiger partial charge in [-0.2, -0.15) is 5.10 Å². The molecule has 2 fully saturated rings. The van der Waals surface area contributed by atoms with E-state index in [1.807, 2.05) is 4.90 Å². The fourth-order valence-corrected chi connectivity index (χ4v) is 4.25. The van der Waals surface area contributed by atoms with Crippen LogP contribution < -0.4 is 10.2 Å². The lowest BCUT2D eigenvalue weighted by Crippen LogP contribution is -2.52. The van der Waals surface area contributed by atoms with Gasteiger partial charge < -0.3 is 10.2 Å². The molecule has 0 radical (unpaired) electrons. The SMILES string of the molecule is CN1C2CCC1CC(NC(=O)N1CCCc3[nH]ncc31)C2. The number of urea groups is 1. The van der Waals surface area contributed by atoms with Gasteiger partial charge in [-0.15, -0.1) is 0 Å². The average Bonchev–Trinajstić information content (AvgIpc) is 3.01. The molecule has 2 amide bonds. The summed E-state index contributed by atoms with van der Waals surface area (Å²) in [7, 11) is 2.22. The second kappa shape index (κ2) is 5.02. The van der Waals surface area contributed by atoms with Crippen molar-refractivity contribution >= 4 is 11.7 Å². The van der Waals surface area contributed by atoms with E-state index in [4.69, 9.17) is 0 Å². The van der Waals surface area contributed by atoms with Crippen LogP contribution in [0.2, 0.25) is 0 Å². The monoisotopic (exact) mass is 289 g/mol. The number of carbonyl (C=O) groups is 1. The van der Waals surface area contributed by atoms with Gasteiger partial charge in [-0.25, -0.2) is 4.79 Å². The first kappa shape index (κ1) is 13.1. The maximum atomic E-state index is 12.6. The van der Waals surface area contributed by atoms with Crippen LogP contribution in [0.5, 0.6) is 0 Å². The van der Waals surface area contributed by atoms with Crippen molar-refractivity contribution in [3.63, 3.8) is 0 Å². The number of fused-ring (bicyclic) bond motifs is 3. The zero-order chi connectivity index (χ0) is 14.4. The van der Waals surface area contributed by atoms with E-state index in [0.717, 1.165) is 43.6 Å². The summed E-state index contributed by atoms with van der Waals surface area (Å²) in [5, 5.41) is 10.3. The van der Waals surface area contributed by atoms with Crippen LogP contribution in [-0.2, 0) is 6.42 Å². The molecule has 1 aromatic rings. The average molecular weight is 289 g/mol.